The first-order chi connectivity index (χ1) is 7.67. The molecule has 1 aromatic rings. The van der Waals surface area contributed by atoms with E-state index < -0.39 is 10.0 Å². The topological polar surface area (TPSA) is 74.8 Å². The summed E-state index contributed by atoms with van der Waals surface area (Å²) in [5.41, 5.74) is 0. The van der Waals surface area contributed by atoms with Crippen molar-refractivity contribution in [1.82, 2.24) is 14.9 Å². The Hall–Kier alpha value is -0.880. The van der Waals surface area contributed by atoms with Gasteiger partial charge in [0.15, 0.2) is 0 Å². The molecule has 16 heavy (non-hydrogen) atoms. The molecule has 0 aromatic carbocycles. The van der Waals surface area contributed by atoms with E-state index >= 15 is 0 Å². The number of sulfonamides is 1. The number of aromatic nitrogens is 2. The highest BCUT2D eigenvalue weighted by atomic mass is 32.2. The minimum atomic E-state index is -3.37. The number of rotatable bonds is 5. The Kier molecular flexibility index (Phi) is 2.29. The fourth-order valence-corrected chi connectivity index (χ4v) is 3.40. The fourth-order valence-electron chi connectivity index (χ4n) is 2.12. The molecule has 0 saturated heterocycles. The van der Waals surface area contributed by atoms with Crippen molar-refractivity contribution >= 4 is 10.0 Å². The van der Waals surface area contributed by atoms with Crippen LogP contribution in [0.3, 0.4) is 0 Å². The van der Waals surface area contributed by atoms with Crippen LogP contribution in [0.2, 0.25) is 0 Å². The number of hydrogen-bond acceptors (Lipinski definition) is 3. The van der Waals surface area contributed by atoms with Gasteiger partial charge in [0.25, 0.3) is 0 Å². The Bertz CT molecular complexity index is 448. The van der Waals surface area contributed by atoms with Crippen molar-refractivity contribution in [2.75, 3.05) is 0 Å². The molecule has 0 spiro atoms. The molecular formula is C10H15N3O2S. The van der Waals surface area contributed by atoms with Gasteiger partial charge in [-0.05, 0) is 37.5 Å². The number of hydrogen-bond donors (Lipinski definition) is 2. The Labute approximate surface area is 94.7 Å². The third-order valence-corrected chi connectivity index (χ3v) is 4.76. The minimum Gasteiger partial charge on any atom is -0.284 e. The van der Waals surface area contributed by atoms with Gasteiger partial charge in [-0.3, -0.25) is 5.10 Å². The lowest BCUT2D eigenvalue weighted by molar-refractivity contribution is 0.471. The monoisotopic (exact) mass is 241 g/mol. The lowest BCUT2D eigenvalue weighted by Crippen LogP contribution is -2.37. The second-order valence-corrected chi connectivity index (χ2v) is 6.47. The largest absolute Gasteiger partial charge is 0.284 e. The molecule has 2 aliphatic carbocycles. The molecule has 88 valence electrons. The molecule has 5 nitrogen and oxygen atoms in total. The van der Waals surface area contributed by atoms with Crippen LogP contribution in [0.5, 0.6) is 0 Å². The van der Waals surface area contributed by atoms with E-state index in [0.717, 1.165) is 25.7 Å². The van der Waals surface area contributed by atoms with Crippen LogP contribution in [0, 0.1) is 11.8 Å². The smallest absolute Gasteiger partial charge is 0.243 e. The lowest BCUT2D eigenvalue weighted by Gasteiger charge is -2.16. The van der Waals surface area contributed by atoms with Crippen LogP contribution in [0.4, 0.5) is 0 Å². The van der Waals surface area contributed by atoms with Crippen molar-refractivity contribution in [3.63, 3.8) is 0 Å². The quantitative estimate of drug-likeness (QED) is 0.803. The molecule has 1 heterocycles. The second-order valence-electron chi connectivity index (χ2n) is 4.76. The zero-order valence-electron chi connectivity index (χ0n) is 8.89. The summed E-state index contributed by atoms with van der Waals surface area (Å²) in [6.07, 6.45) is 7.41. The Balaban J connectivity index is 1.77. The van der Waals surface area contributed by atoms with E-state index in [1.165, 1.54) is 12.4 Å². The molecule has 0 atom stereocenters. The predicted molar refractivity (Wildman–Crippen MR) is 58.1 cm³/mol. The molecule has 6 heteroatoms. The van der Waals surface area contributed by atoms with Gasteiger partial charge in [-0.1, -0.05) is 0 Å². The van der Waals surface area contributed by atoms with E-state index in [1.807, 2.05) is 0 Å². The summed E-state index contributed by atoms with van der Waals surface area (Å²) < 4.78 is 26.8. The van der Waals surface area contributed by atoms with Crippen molar-refractivity contribution < 1.29 is 8.42 Å². The Morgan fingerprint density at radius 1 is 1.31 bits per heavy atom. The maximum absolute atomic E-state index is 12.0. The number of aromatic amines is 1. The van der Waals surface area contributed by atoms with Crippen molar-refractivity contribution in [2.24, 2.45) is 11.8 Å². The summed E-state index contributed by atoms with van der Waals surface area (Å²) in [5, 5.41) is 6.20. The minimum absolute atomic E-state index is 0.153. The van der Waals surface area contributed by atoms with Crippen LogP contribution in [0.15, 0.2) is 17.3 Å². The molecule has 2 fully saturated rings. The average molecular weight is 241 g/mol. The zero-order valence-corrected chi connectivity index (χ0v) is 9.70. The normalized spacial score (nSPS) is 21.6. The summed E-state index contributed by atoms with van der Waals surface area (Å²) in [6, 6.07) is 0.153. The fraction of sp³-hybridized carbons (Fsp3) is 0.700. The van der Waals surface area contributed by atoms with Crippen LogP contribution in [0.25, 0.3) is 0 Å². The average Bonchev–Trinajstić information content (AvgIpc) is 3.15. The summed E-state index contributed by atoms with van der Waals surface area (Å²) in [6.45, 7) is 0. The van der Waals surface area contributed by atoms with Gasteiger partial charge in [0.05, 0.1) is 6.20 Å². The van der Waals surface area contributed by atoms with Gasteiger partial charge in [-0.25, -0.2) is 13.1 Å². The SMILES string of the molecule is O=S(=O)(NC(C1CC1)C1CC1)c1cn[nH]c1. The third kappa shape index (κ3) is 1.99. The molecule has 3 rings (SSSR count). The van der Waals surface area contributed by atoms with E-state index in [1.54, 1.807) is 0 Å². The Morgan fingerprint density at radius 3 is 2.38 bits per heavy atom. The molecule has 0 bridgehead atoms. The number of H-pyrrole nitrogens is 1. The van der Waals surface area contributed by atoms with Gasteiger partial charge < -0.3 is 0 Å². The van der Waals surface area contributed by atoms with E-state index in [0.29, 0.717) is 11.8 Å². The lowest BCUT2D eigenvalue weighted by atomic mass is 10.1. The molecule has 0 radical (unpaired) electrons. The molecule has 0 unspecified atom stereocenters. The van der Waals surface area contributed by atoms with Crippen molar-refractivity contribution in [2.45, 2.75) is 36.6 Å². The summed E-state index contributed by atoms with van der Waals surface area (Å²) in [7, 11) is -3.37. The third-order valence-electron chi connectivity index (χ3n) is 3.33. The molecule has 2 aliphatic rings. The van der Waals surface area contributed by atoms with Gasteiger partial charge in [-0.2, -0.15) is 5.10 Å². The van der Waals surface area contributed by atoms with Crippen molar-refractivity contribution in [3.05, 3.63) is 12.4 Å². The van der Waals surface area contributed by atoms with E-state index in [-0.39, 0.29) is 10.9 Å². The molecule has 0 amide bonds. The first-order valence-corrected chi connectivity index (χ1v) is 7.16. The van der Waals surface area contributed by atoms with Gasteiger partial charge in [0.1, 0.15) is 4.90 Å². The van der Waals surface area contributed by atoms with E-state index in [9.17, 15) is 8.42 Å². The van der Waals surface area contributed by atoms with Crippen molar-refractivity contribution in [1.29, 1.82) is 0 Å². The molecule has 0 aliphatic heterocycles. The zero-order chi connectivity index (χ0) is 11.2. The molecule has 2 saturated carbocycles. The van der Waals surface area contributed by atoms with Crippen LogP contribution < -0.4 is 4.72 Å². The predicted octanol–water partition coefficient (Wildman–Crippen LogP) is 0.877. The number of nitrogens with zero attached hydrogens (tertiary/aromatic N) is 1. The van der Waals surface area contributed by atoms with Crippen LogP contribution in [-0.2, 0) is 10.0 Å². The molecule has 1 aromatic heterocycles. The Morgan fingerprint density at radius 2 is 1.94 bits per heavy atom. The number of nitrogens with one attached hydrogen (secondary N) is 2. The maximum Gasteiger partial charge on any atom is 0.243 e. The summed E-state index contributed by atoms with van der Waals surface area (Å²) >= 11 is 0. The summed E-state index contributed by atoms with van der Waals surface area (Å²) in [5.74, 6) is 1.13. The van der Waals surface area contributed by atoms with Gasteiger partial charge in [0.2, 0.25) is 10.0 Å². The van der Waals surface area contributed by atoms with Crippen molar-refractivity contribution in [3.8, 4) is 0 Å². The second kappa shape index (κ2) is 3.56. The standard InChI is InChI=1S/C10H15N3O2S/c14-16(15,9-5-11-12-6-9)13-10(7-1-2-7)8-3-4-8/h5-8,10,13H,1-4H2,(H,11,12). The molecular weight excluding hydrogens is 226 g/mol. The summed E-state index contributed by atoms with van der Waals surface area (Å²) in [4.78, 5) is 0.235. The van der Waals surface area contributed by atoms with Crippen LogP contribution in [-0.4, -0.2) is 24.7 Å². The highest BCUT2D eigenvalue weighted by Gasteiger charge is 2.43. The van der Waals surface area contributed by atoms with E-state index in [4.69, 9.17) is 0 Å². The van der Waals surface area contributed by atoms with E-state index in [2.05, 4.69) is 14.9 Å². The maximum atomic E-state index is 12.0. The van der Waals surface area contributed by atoms with Gasteiger partial charge in [0, 0.05) is 12.2 Å². The van der Waals surface area contributed by atoms with Gasteiger partial charge in [-0.15, -0.1) is 0 Å². The first-order valence-electron chi connectivity index (χ1n) is 5.68. The molecule has 2 N–H and O–H groups in total. The highest BCUT2D eigenvalue weighted by Crippen LogP contribution is 2.44. The first kappa shape index (κ1) is 10.3. The van der Waals surface area contributed by atoms with Crippen LogP contribution >= 0.6 is 0 Å². The van der Waals surface area contributed by atoms with Gasteiger partial charge >= 0.3 is 0 Å². The highest BCUT2D eigenvalue weighted by molar-refractivity contribution is 7.89. The van der Waals surface area contributed by atoms with Crippen LogP contribution in [0.1, 0.15) is 25.7 Å².